The van der Waals surface area contributed by atoms with E-state index in [1.807, 2.05) is 6.92 Å². The van der Waals surface area contributed by atoms with Crippen LogP contribution in [0.3, 0.4) is 0 Å². The van der Waals surface area contributed by atoms with Gasteiger partial charge < -0.3 is 15.2 Å². The Kier molecular flexibility index (Phi) is 2.28. The van der Waals surface area contributed by atoms with Crippen molar-refractivity contribution in [3.8, 4) is 0 Å². The molecule has 0 unspecified atom stereocenters. The number of hydrogen-bond donors (Lipinski definition) is 2. The highest BCUT2D eigenvalue weighted by molar-refractivity contribution is 5.70. The van der Waals surface area contributed by atoms with Crippen LogP contribution in [0.1, 0.15) is 27.2 Å². The summed E-state index contributed by atoms with van der Waals surface area (Å²) in [6.07, 6.45) is -0.137. The predicted octanol–water partition coefficient (Wildman–Crippen LogP) is 0.644. The van der Waals surface area contributed by atoms with Crippen LogP contribution in [0.15, 0.2) is 0 Å². The van der Waals surface area contributed by atoms with Gasteiger partial charge in [0.15, 0.2) is 0 Å². The SMILES string of the molecule is C[C@@H]1NC(=O)O[C@H]1CC(C)(C)O. The van der Waals surface area contributed by atoms with E-state index in [4.69, 9.17) is 4.74 Å². The smallest absolute Gasteiger partial charge is 0.407 e. The summed E-state index contributed by atoms with van der Waals surface area (Å²) < 4.78 is 4.94. The highest BCUT2D eigenvalue weighted by Crippen LogP contribution is 2.19. The van der Waals surface area contributed by atoms with Crippen molar-refractivity contribution in [3.05, 3.63) is 0 Å². The Bertz CT molecular complexity index is 185. The van der Waals surface area contributed by atoms with Crippen LogP contribution in [-0.2, 0) is 4.74 Å². The van der Waals surface area contributed by atoms with Crippen LogP contribution in [-0.4, -0.2) is 28.9 Å². The fourth-order valence-corrected chi connectivity index (χ4v) is 1.26. The monoisotopic (exact) mass is 173 g/mol. The van der Waals surface area contributed by atoms with Crippen LogP contribution in [0.5, 0.6) is 0 Å². The van der Waals surface area contributed by atoms with Crippen molar-refractivity contribution in [3.63, 3.8) is 0 Å². The molecule has 0 saturated carbocycles. The molecule has 1 aliphatic heterocycles. The standard InChI is InChI=1S/C8H15NO3/c1-5-6(4-8(2,3)11)12-7(10)9-5/h5-6,11H,4H2,1-3H3,(H,9,10)/t5-,6-/m0/s1. The van der Waals surface area contributed by atoms with Gasteiger partial charge in [-0.2, -0.15) is 0 Å². The lowest BCUT2D eigenvalue weighted by molar-refractivity contribution is 0.0197. The normalized spacial score (nSPS) is 29.8. The molecule has 0 radical (unpaired) electrons. The summed E-state index contributed by atoms with van der Waals surface area (Å²) in [5, 5.41) is 12.1. The van der Waals surface area contributed by atoms with Gasteiger partial charge in [-0.25, -0.2) is 4.79 Å². The van der Waals surface area contributed by atoms with E-state index >= 15 is 0 Å². The first-order valence-electron chi connectivity index (χ1n) is 4.08. The Hall–Kier alpha value is -0.770. The van der Waals surface area contributed by atoms with Crippen molar-refractivity contribution in [2.45, 2.75) is 44.9 Å². The number of rotatable bonds is 2. The lowest BCUT2D eigenvalue weighted by Crippen LogP contribution is -2.34. The van der Waals surface area contributed by atoms with Gasteiger partial charge in [0, 0.05) is 6.42 Å². The zero-order chi connectivity index (χ0) is 9.35. The molecular formula is C8H15NO3. The van der Waals surface area contributed by atoms with E-state index in [1.165, 1.54) is 0 Å². The number of alkyl carbamates (subject to hydrolysis) is 1. The van der Waals surface area contributed by atoms with Gasteiger partial charge in [-0.1, -0.05) is 0 Å². The van der Waals surface area contributed by atoms with Gasteiger partial charge in [-0.3, -0.25) is 0 Å². The van der Waals surface area contributed by atoms with Gasteiger partial charge >= 0.3 is 6.09 Å². The molecular weight excluding hydrogens is 158 g/mol. The molecule has 1 amide bonds. The summed E-state index contributed by atoms with van der Waals surface area (Å²) in [6.45, 7) is 5.26. The number of aliphatic hydroxyl groups is 1. The second kappa shape index (κ2) is 2.94. The Balaban J connectivity index is 2.48. The number of carbonyl (C=O) groups excluding carboxylic acids is 1. The molecule has 1 saturated heterocycles. The first kappa shape index (κ1) is 9.32. The Morgan fingerprint density at radius 2 is 2.25 bits per heavy atom. The zero-order valence-electron chi connectivity index (χ0n) is 7.63. The van der Waals surface area contributed by atoms with Gasteiger partial charge in [-0.05, 0) is 20.8 Å². The van der Waals surface area contributed by atoms with Crippen molar-refractivity contribution < 1.29 is 14.6 Å². The zero-order valence-corrected chi connectivity index (χ0v) is 7.63. The van der Waals surface area contributed by atoms with Gasteiger partial charge in [0.1, 0.15) is 6.10 Å². The minimum Gasteiger partial charge on any atom is -0.444 e. The third-order valence-electron chi connectivity index (χ3n) is 1.86. The summed E-state index contributed by atoms with van der Waals surface area (Å²) in [6, 6.07) is -0.0103. The molecule has 0 aromatic carbocycles. The second-order valence-corrected chi connectivity index (χ2v) is 3.89. The average molecular weight is 173 g/mol. The van der Waals surface area contributed by atoms with Crippen molar-refractivity contribution in [2.24, 2.45) is 0 Å². The third kappa shape index (κ3) is 2.37. The summed E-state index contributed by atoms with van der Waals surface area (Å²) in [4.78, 5) is 10.7. The van der Waals surface area contributed by atoms with E-state index < -0.39 is 11.7 Å². The number of hydrogen-bond acceptors (Lipinski definition) is 3. The predicted molar refractivity (Wildman–Crippen MR) is 43.8 cm³/mol. The quantitative estimate of drug-likeness (QED) is 0.644. The number of ether oxygens (including phenoxy) is 1. The Morgan fingerprint density at radius 1 is 1.67 bits per heavy atom. The van der Waals surface area contributed by atoms with Gasteiger partial charge in [0.2, 0.25) is 0 Å². The Morgan fingerprint density at radius 3 is 2.58 bits per heavy atom. The molecule has 1 aliphatic rings. The fraction of sp³-hybridized carbons (Fsp3) is 0.875. The molecule has 12 heavy (non-hydrogen) atoms. The Labute approximate surface area is 71.9 Å². The molecule has 0 bridgehead atoms. The molecule has 1 heterocycles. The molecule has 0 aliphatic carbocycles. The minimum absolute atomic E-state index is 0.0103. The van der Waals surface area contributed by atoms with Crippen molar-refractivity contribution in [2.75, 3.05) is 0 Å². The maximum atomic E-state index is 10.7. The maximum absolute atomic E-state index is 10.7. The van der Waals surface area contributed by atoms with E-state index in [2.05, 4.69) is 5.32 Å². The molecule has 4 nitrogen and oxygen atoms in total. The molecule has 2 atom stereocenters. The lowest BCUT2D eigenvalue weighted by Gasteiger charge is -2.22. The topological polar surface area (TPSA) is 58.6 Å². The van der Waals surface area contributed by atoms with E-state index in [-0.39, 0.29) is 12.1 Å². The van der Waals surface area contributed by atoms with Crippen LogP contribution in [0.2, 0.25) is 0 Å². The van der Waals surface area contributed by atoms with Gasteiger partial charge in [0.25, 0.3) is 0 Å². The summed E-state index contributed by atoms with van der Waals surface area (Å²) >= 11 is 0. The molecule has 70 valence electrons. The summed E-state index contributed by atoms with van der Waals surface area (Å²) in [5.41, 5.74) is -0.786. The highest BCUT2D eigenvalue weighted by Gasteiger charge is 2.34. The van der Waals surface area contributed by atoms with Crippen molar-refractivity contribution in [1.29, 1.82) is 0 Å². The van der Waals surface area contributed by atoms with Crippen LogP contribution < -0.4 is 5.32 Å². The van der Waals surface area contributed by atoms with Crippen LogP contribution in [0.25, 0.3) is 0 Å². The molecule has 0 spiro atoms. The van der Waals surface area contributed by atoms with Crippen LogP contribution in [0, 0.1) is 0 Å². The highest BCUT2D eigenvalue weighted by atomic mass is 16.6. The van der Waals surface area contributed by atoms with E-state index in [0.717, 1.165) is 0 Å². The van der Waals surface area contributed by atoms with E-state index in [1.54, 1.807) is 13.8 Å². The second-order valence-electron chi connectivity index (χ2n) is 3.89. The number of amides is 1. The van der Waals surface area contributed by atoms with Crippen LogP contribution in [0.4, 0.5) is 4.79 Å². The largest absolute Gasteiger partial charge is 0.444 e. The van der Waals surface area contributed by atoms with Gasteiger partial charge in [-0.15, -0.1) is 0 Å². The van der Waals surface area contributed by atoms with Crippen molar-refractivity contribution >= 4 is 6.09 Å². The van der Waals surface area contributed by atoms with Gasteiger partial charge in [0.05, 0.1) is 11.6 Å². The molecule has 0 aromatic heterocycles. The first-order chi connectivity index (χ1) is 5.38. The number of carbonyl (C=O) groups is 1. The number of nitrogens with one attached hydrogen (secondary N) is 1. The first-order valence-corrected chi connectivity index (χ1v) is 4.08. The van der Waals surface area contributed by atoms with E-state index in [9.17, 15) is 9.90 Å². The number of cyclic esters (lactones) is 1. The molecule has 1 fully saturated rings. The average Bonchev–Trinajstić information content (AvgIpc) is 2.06. The summed E-state index contributed by atoms with van der Waals surface area (Å²) in [7, 11) is 0. The molecule has 0 aromatic rings. The van der Waals surface area contributed by atoms with E-state index in [0.29, 0.717) is 6.42 Å². The molecule has 4 heteroatoms. The lowest BCUT2D eigenvalue weighted by atomic mass is 9.98. The fourth-order valence-electron chi connectivity index (χ4n) is 1.26. The van der Waals surface area contributed by atoms with Crippen molar-refractivity contribution in [1.82, 2.24) is 5.32 Å². The molecule has 1 rings (SSSR count). The van der Waals surface area contributed by atoms with Crippen LogP contribution >= 0.6 is 0 Å². The minimum atomic E-state index is -0.786. The summed E-state index contributed by atoms with van der Waals surface area (Å²) in [5.74, 6) is 0. The third-order valence-corrected chi connectivity index (χ3v) is 1.86. The maximum Gasteiger partial charge on any atom is 0.407 e. The molecule has 2 N–H and O–H groups in total.